The Kier molecular flexibility index (Phi) is 4.95. The molecule has 0 aliphatic heterocycles. The van der Waals surface area contributed by atoms with Gasteiger partial charge in [0, 0.05) is 24.9 Å². The van der Waals surface area contributed by atoms with Crippen molar-refractivity contribution in [2.24, 2.45) is 0 Å². The van der Waals surface area contributed by atoms with Gasteiger partial charge in [-0.05, 0) is 31.5 Å². The van der Waals surface area contributed by atoms with Crippen LogP contribution in [0.5, 0.6) is 0 Å². The van der Waals surface area contributed by atoms with Crippen molar-refractivity contribution in [2.45, 2.75) is 19.9 Å². The Balaban J connectivity index is 2.10. The molecule has 0 saturated carbocycles. The molecule has 0 aliphatic rings. The third kappa shape index (κ3) is 4.06. The summed E-state index contributed by atoms with van der Waals surface area (Å²) in [6.07, 6.45) is 0. The molecule has 23 heavy (non-hydrogen) atoms. The first-order valence-corrected chi connectivity index (χ1v) is 7.23. The summed E-state index contributed by atoms with van der Waals surface area (Å²) in [5.41, 5.74) is 2.54. The number of anilines is 1. The number of nitro groups is 1. The quantitative estimate of drug-likeness (QED) is 0.681. The molecular weight excluding hydrogens is 294 g/mol. The Hall–Kier alpha value is -2.89. The minimum absolute atomic E-state index is 0.0155. The normalized spacial score (nSPS) is 11.6. The SMILES string of the molecule is Cc1ccc(NC(=O)N(C)[C@@H](C)c2cccc([N+](=O)[O-])c2)cc1. The summed E-state index contributed by atoms with van der Waals surface area (Å²) in [6, 6.07) is 13.2. The van der Waals surface area contributed by atoms with Crippen LogP contribution in [0.2, 0.25) is 0 Å². The molecule has 0 bridgehead atoms. The Bertz CT molecular complexity index is 713. The largest absolute Gasteiger partial charge is 0.322 e. The van der Waals surface area contributed by atoms with E-state index in [1.165, 1.54) is 17.0 Å². The number of urea groups is 1. The van der Waals surface area contributed by atoms with Gasteiger partial charge in [-0.1, -0.05) is 29.8 Å². The summed E-state index contributed by atoms with van der Waals surface area (Å²) in [4.78, 5) is 24.2. The van der Waals surface area contributed by atoms with Gasteiger partial charge in [-0.3, -0.25) is 10.1 Å². The highest BCUT2D eigenvalue weighted by Crippen LogP contribution is 2.23. The minimum atomic E-state index is -0.442. The van der Waals surface area contributed by atoms with E-state index in [0.29, 0.717) is 11.3 Å². The molecule has 0 radical (unpaired) electrons. The number of aryl methyl sites for hydroxylation is 1. The van der Waals surface area contributed by atoms with Crippen LogP contribution in [0.15, 0.2) is 48.5 Å². The Labute approximate surface area is 134 Å². The molecule has 6 heteroatoms. The summed E-state index contributed by atoms with van der Waals surface area (Å²) in [5, 5.41) is 13.7. The lowest BCUT2D eigenvalue weighted by molar-refractivity contribution is -0.384. The zero-order chi connectivity index (χ0) is 17.0. The average Bonchev–Trinajstić information content (AvgIpc) is 2.55. The van der Waals surface area contributed by atoms with Crippen molar-refractivity contribution in [3.05, 3.63) is 69.8 Å². The van der Waals surface area contributed by atoms with Gasteiger partial charge in [-0.2, -0.15) is 0 Å². The van der Waals surface area contributed by atoms with Gasteiger partial charge in [0.15, 0.2) is 0 Å². The van der Waals surface area contributed by atoms with Gasteiger partial charge in [0.25, 0.3) is 5.69 Å². The first-order valence-electron chi connectivity index (χ1n) is 7.23. The Morgan fingerprint density at radius 3 is 2.48 bits per heavy atom. The van der Waals surface area contributed by atoms with E-state index in [9.17, 15) is 14.9 Å². The van der Waals surface area contributed by atoms with Crippen LogP contribution in [0, 0.1) is 17.0 Å². The Morgan fingerprint density at radius 1 is 1.22 bits per heavy atom. The number of carbonyl (C=O) groups excluding carboxylic acids is 1. The first-order chi connectivity index (χ1) is 10.9. The monoisotopic (exact) mass is 313 g/mol. The van der Waals surface area contributed by atoms with Crippen LogP contribution < -0.4 is 5.32 Å². The second-order valence-electron chi connectivity index (χ2n) is 5.44. The third-order valence-electron chi connectivity index (χ3n) is 3.77. The molecule has 2 aromatic rings. The molecule has 2 amide bonds. The van der Waals surface area contributed by atoms with Gasteiger partial charge < -0.3 is 10.2 Å². The number of nitrogens with zero attached hydrogens (tertiary/aromatic N) is 2. The van der Waals surface area contributed by atoms with Crippen molar-refractivity contribution >= 4 is 17.4 Å². The minimum Gasteiger partial charge on any atom is -0.321 e. The van der Waals surface area contributed by atoms with Crippen LogP contribution in [-0.4, -0.2) is 22.9 Å². The number of amides is 2. The molecule has 6 nitrogen and oxygen atoms in total. The topological polar surface area (TPSA) is 75.5 Å². The fourth-order valence-electron chi connectivity index (χ4n) is 2.15. The number of non-ortho nitro benzene ring substituents is 1. The van der Waals surface area contributed by atoms with Crippen LogP contribution in [-0.2, 0) is 0 Å². The molecule has 1 N–H and O–H groups in total. The number of rotatable bonds is 4. The van der Waals surface area contributed by atoms with Crippen molar-refractivity contribution in [1.82, 2.24) is 4.90 Å². The molecule has 0 fully saturated rings. The van der Waals surface area contributed by atoms with Crippen molar-refractivity contribution in [1.29, 1.82) is 0 Å². The number of hydrogen-bond acceptors (Lipinski definition) is 3. The summed E-state index contributed by atoms with van der Waals surface area (Å²) in [5.74, 6) is 0. The van der Waals surface area contributed by atoms with Crippen molar-refractivity contribution < 1.29 is 9.72 Å². The van der Waals surface area contributed by atoms with Crippen LogP contribution in [0.25, 0.3) is 0 Å². The summed E-state index contributed by atoms with van der Waals surface area (Å²) in [6.45, 7) is 3.80. The van der Waals surface area contributed by atoms with Crippen LogP contribution in [0.3, 0.4) is 0 Å². The molecule has 2 aromatic carbocycles. The molecule has 0 spiro atoms. The molecule has 120 valence electrons. The summed E-state index contributed by atoms with van der Waals surface area (Å²) in [7, 11) is 1.66. The second-order valence-corrected chi connectivity index (χ2v) is 5.44. The summed E-state index contributed by atoms with van der Waals surface area (Å²) < 4.78 is 0. The molecule has 0 aliphatic carbocycles. The lowest BCUT2D eigenvalue weighted by atomic mass is 10.1. The van der Waals surface area contributed by atoms with Gasteiger partial charge in [-0.15, -0.1) is 0 Å². The van der Waals surface area contributed by atoms with E-state index in [0.717, 1.165) is 5.56 Å². The maximum atomic E-state index is 12.3. The highest BCUT2D eigenvalue weighted by atomic mass is 16.6. The molecule has 0 unspecified atom stereocenters. The number of nitrogens with one attached hydrogen (secondary N) is 1. The van der Waals surface area contributed by atoms with E-state index in [-0.39, 0.29) is 17.8 Å². The van der Waals surface area contributed by atoms with Gasteiger partial charge in [0.1, 0.15) is 0 Å². The molecule has 0 saturated heterocycles. The molecule has 2 rings (SSSR count). The van der Waals surface area contributed by atoms with Gasteiger partial charge >= 0.3 is 6.03 Å². The zero-order valence-corrected chi connectivity index (χ0v) is 13.3. The number of nitro benzene ring substituents is 1. The predicted octanol–water partition coefficient (Wildman–Crippen LogP) is 4.13. The number of benzene rings is 2. The fraction of sp³-hybridized carbons (Fsp3) is 0.235. The summed E-state index contributed by atoms with van der Waals surface area (Å²) >= 11 is 0. The highest BCUT2D eigenvalue weighted by molar-refractivity contribution is 5.89. The maximum Gasteiger partial charge on any atom is 0.322 e. The lowest BCUT2D eigenvalue weighted by Gasteiger charge is -2.25. The third-order valence-corrected chi connectivity index (χ3v) is 3.77. The molecule has 0 heterocycles. The molecule has 0 aromatic heterocycles. The molecular formula is C17H19N3O3. The average molecular weight is 313 g/mol. The standard InChI is InChI=1S/C17H19N3O3/c1-12-7-9-15(10-8-12)18-17(21)19(3)13(2)14-5-4-6-16(11-14)20(22)23/h4-11,13H,1-3H3,(H,18,21)/t13-/m0/s1. The van der Waals surface area contributed by atoms with E-state index < -0.39 is 4.92 Å². The van der Waals surface area contributed by atoms with Crippen molar-refractivity contribution in [2.75, 3.05) is 12.4 Å². The first kappa shape index (κ1) is 16.5. The van der Waals surface area contributed by atoms with Crippen molar-refractivity contribution in [3.8, 4) is 0 Å². The van der Waals surface area contributed by atoms with E-state index in [2.05, 4.69) is 5.32 Å². The Morgan fingerprint density at radius 2 is 1.87 bits per heavy atom. The van der Waals surface area contributed by atoms with E-state index in [4.69, 9.17) is 0 Å². The van der Waals surface area contributed by atoms with Gasteiger partial charge in [0.05, 0.1) is 11.0 Å². The second kappa shape index (κ2) is 6.91. The van der Waals surface area contributed by atoms with Crippen LogP contribution in [0.4, 0.5) is 16.2 Å². The van der Waals surface area contributed by atoms with Gasteiger partial charge in [0.2, 0.25) is 0 Å². The van der Waals surface area contributed by atoms with Crippen LogP contribution in [0.1, 0.15) is 24.1 Å². The van der Waals surface area contributed by atoms with E-state index >= 15 is 0 Å². The predicted molar refractivity (Wildman–Crippen MR) is 89.5 cm³/mol. The van der Waals surface area contributed by atoms with Gasteiger partial charge in [-0.25, -0.2) is 4.79 Å². The highest BCUT2D eigenvalue weighted by Gasteiger charge is 2.19. The number of carbonyl (C=O) groups is 1. The smallest absolute Gasteiger partial charge is 0.321 e. The lowest BCUT2D eigenvalue weighted by Crippen LogP contribution is -2.33. The van der Waals surface area contributed by atoms with E-state index in [1.54, 1.807) is 19.2 Å². The number of hydrogen-bond donors (Lipinski definition) is 1. The maximum absolute atomic E-state index is 12.3. The fourth-order valence-corrected chi connectivity index (χ4v) is 2.15. The van der Waals surface area contributed by atoms with E-state index in [1.807, 2.05) is 38.1 Å². The van der Waals surface area contributed by atoms with Crippen molar-refractivity contribution in [3.63, 3.8) is 0 Å². The van der Waals surface area contributed by atoms with Crippen LogP contribution >= 0.6 is 0 Å². The molecule has 1 atom stereocenters. The zero-order valence-electron chi connectivity index (χ0n) is 13.3.